The summed E-state index contributed by atoms with van der Waals surface area (Å²) in [6.07, 6.45) is 5.49. The molecule has 0 atom stereocenters. The first-order valence-corrected chi connectivity index (χ1v) is 7.58. The Morgan fingerprint density at radius 1 is 1.47 bits per heavy atom. The zero-order valence-corrected chi connectivity index (χ0v) is 12.6. The van der Waals surface area contributed by atoms with Crippen molar-refractivity contribution in [2.45, 2.75) is 57.4 Å². The molecule has 1 aromatic rings. The lowest BCUT2D eigenvalue weighted by atomic mass is 9.98. The predicted molar refractivity (Wildman–Crippen MR) is 76.6 cm³/mol. The number of rotatable bonds is 3. The molecule has 1 fully saturated rings. The van der Waals surface area contributed by atoms with E-state index in [1.165, 1.54) is 11.3 Å². The van der Waals surface area contributed by atoms with Gasteiger partial charge in [-0.05, 0) is 12.8 Å². The van der Waals surface area contributed by atoms with Crippen LogP contribution >= 0.6 is 11.3 Å². The van der Waals surface area contributed by atoms with E-state index >= 15 is 0 Å². The van der Waals surface area contributed by atoms with Crippen molar-refractivity contribution in [3.05, 3.63) is 16.1 Å². The zero-order chi connectivity index (χ0) is 14.1. The summed E-state index contributed by atoms with van der Waals surface area (Å²) in [6, 6.07) is 0. The number of carbonyl (C=O) groups is 1. The molecule has 1 saturated carbocycles. The zero-order valence-electron chi connectivity index (χ0n) is 11.8. The lowest BCUT2D eigenvalue weighted by Gasteiger charge is -2.27. The van der Waals surface area contributed by atoms with Gasteiger partial charge in [0.2, 0.25) is 0 Å². The molecule has 1 aliphatic rings. The Morgan fingerprint density at radius 2 is 2.11 bits per heavy atom. The molecule has 2 rings (SSSR count). The number of hydrogen-bond acceptors (Lipinski definition) is 4. The molecule has 0 saturated heterocycles. The standard InChI is InChI=1S/C14H22N2O2S/c1-13(2,3)12-15-8-10(19-12)11(18)16-14(9-17)6-4-5-7-14/h8,17H,4-7,9H2,1-3H3,(H,16,18). The fraction of sp³-hybridized carbons (Fsp3) is 0.714. The third kappa shape index (κ3) is 3.15. The normalized spacial score (nSPS) is 18.5. The van der Waals surface area contributed by atoms with Crippen LogP contribution in [0.2, 0.25) is 0 Å². The van der Waals surface area contributed by atoms with Crippen LogP contribution in [0.3, 0.4) is 0 Å². The first-order chi connectivity index (χ1) is 8.86. The van der Waals surface area contributed by atoms with E-state index in [2.05, 4.69) is 31.1 Å². The number of amides is 1. The van der Waals surface area contributed by atoms with Gasteiger partial charge in [-0.1, -0.05) is 33.6 Å². The van der Waals surface area contributed by atoms with Gasteiger partial charge in [-0.25, -0.2) is 4.98 Å². The Balaban J connectivity index is 2.10. The molecule has 1 amide bonds. The molecule has 1 heterocycles. The predicted octanol–water partition coefficient (Wildman–Crippen LogP) is 2.48. The highest BCUT2D eigenvalue weighted by Gasteiger charge is 2.35. The molecule has 0 unspecified atom stereocenters. The van der Waals surface area contributed by atoms with Gasteiger partial charge in [-0.3, -0.25) is 4.79 Å². The van der Waals surface area contributed by atoms with Crippen LogP contribution in [0.5, 0.6) is 0 Å². The highest BCUT2D eigenvalue weighted by atomic mass is 32.1. The second-order valence-corrected chi connectivity index (χ2v) is 7.41. The summed E-state index contributed by atoms with van der Waals surface area (Å²) in [7, 11) is 0. The van der Waals surface area contributed by atoms with Gasteiger partial charge < -0.3 is 10.4 Å². The van der Waals surface area contributed by atoms with Gasteiger partial charge in [-0.2, -0.15) is 0 Å². The minimum atomic E-state index is -0.414. The Bertz CT molecular complexity index is 456. The van der Waals surface area contributed by atoms with E-state index in [9.17, 15) is 9.90 Å². The third-order valence-electron chi connectivity index (χ3n) is 3.61. The fourth-order valence-electron chi connectivity index (χ4n) is 2.40. The summed E-state index contributed by atoms with van der Waals surface area (Å²) in [5.74, 6) is -0.107. The van der Waals surface area contributed by atoms with Crippen molar-refractivity contribution < 1.29 is 9.90 Å². The van der Waals surface area contributed by atoms with Crippen LogP contribution < -0.4 is 5.32 Å². The monoisotopic (exact) mass is 282 g/mol. The highest BCUT2D eigenvalue weighted by Crippen LogP contribution is 2.31. The van der Waals surface area contributed by atoms with E-state index in [4.69, 9.17) is 0 Å². The summed E-state index contributed by atoms with van der Waals surface area (Å²) in [5, 5.41) is 13.5. The molecule has 0 spiro atoms. The van der Waals surface area contributed by atoms with Gasteiger partial charge in [0.25, 0.3) is 5.91 Å². The smallest absolute Gasteiger partial charge is 0.263 e. The van der Waals surface area contributed by atoms with Gasteiger partial charge in [0.1, 0.15) is 4.88 Å². The fourth-order valence-corrected chi connectivity index (χ4v) is 3.27. The van der Waals surface area contributed by atoms with Gasteiger partial charge >= 0.3 is 0 Å². The van der Waals surface area contributed by atoms with Crippen LogP contribution in [0.4, 0.5) is 0 Å². The Labute approximate surface area is 118 Å². The molecule has 106 valence electrons. The number of aromatic nitrogens is 1. The lowest BCUT2D eigenvalue weighted by molar-refractivity contribution is 0.0842. The molecular formula is C14H22N2O2S. The average molecular weight is 282 g/mol. The van der Waals surface area contributed by atoms with E-state index in [0.29, 0.717) is 4.88 Å². The van der Waals surface area contributed by atoms with Gasteiger partial charge in [-0.15, -0.1) is 11.3 Å². The van der Waals surface area contributed by atoms with Crippen molar-refractivity contribution in [2.24, 2.45) is 0 Å². The number of nitrogens with one attached hydrogen (secondary N) is 1. The second kappa shape index (κ2) is 5.21. The molecule has 19 heavy (non-hydrogen) atoms. The number of nitrogens with zero attached hydrogens (tertiary/aromatic N) is 1. The first-order valence-electron chi connectivity index (χ1n) is 6.76. The van der Waals surface area contributed by atoms with E-state index in [-0.39, 0.29) is 17.9 Å². The van der Waals surface area contributed by atoms with Gasteiger partial charge in [0, 0.05) is 5.41 Å². The molecule has 1 aromatic heterocycles. The maximum absolute atomic E-state index is 12.3. The Morgan fingerprint density at radius 3 is 2.58 bits per heavy atom. The molecule has 1 aliphatic carbocycles. The van der Waals surface area contributed by atoms with Crippen LogP contribution in [0.15, 0.2) is 6.20 Å². The Kier molecular flexibility index (Phi) is 3.97. The molecule has 5 heteroatoms. The van der Waals surface area contributed by atoms with Crippen LogP contribution in [0.1, 0.15) is 61.1 Å². The molecular weight excluding hydrogens is 260 g/mol. The lowest BCUT2D eigenvalue weighted by Crippen LogP contribution is -2.49. The average Bonchev–Trinajstić information content (AvgIpc) is 2.97. The van der Waals surface area contributed by atoms with Crippen molar-refractivity contribution >= 4 is 17.2 Å². The Hall–Kier alpha value is -0.940. The van der Waals surface area contributed by atoms with Crippen LogP contribution in [-0.2, 0) is 5.41 Å². The summed E-state index contributed by atoms with van der Waals surface area (Å²) >= 11 is 1.44. The van der Waals surface area contributed by atoms with E-state index in [1.54, 1.807) is 6.20 Å². The minimum absolute atomic E-state index is 0.0175. The van der Waals surface area contributed by atoms with E-state index in [0.717, 1.165) is 30.7 Å². The van der Waals surface area contributed by atoms with Crippen LogP contribution in [0.25, 0.3) is 0 Å². The SMILES string of the molecule is CC(C)(C)c1ncc(C(=O)NC2(CO)CCCC2)s1. The van der Waals surface area contributed by atoms with Crippen molar-refractivity contribution in [2.75, 3.05) is 6.61 Å². The number of aliphatic hydroxyl groups excluding tert-OH is 1. The van der Waals surface area contributed by atoms with Crippen molar-refractivity contribution in [3.8, 4) is 0 Å². The molecule has 2 N–H and O–H groups in total. The number of carbonyl (C=O) groups excluding carboxylic acids is 1. The summed E-state index contributed by atoms with van der Waals surface area (Å²) in [5.41, 5.74) is -0.450. The molecule has 0 radical (unpaired) electrons. The maximum Gasteiger partial charge on any atom is 0.263 e. The maximum atomic E-state index is 12.3. The number of hydrogen-bond donors (Lipinski definition) is 2. The quantitative estimate of drug-likeness (QED) is 0.895. The van der Waals surface area contributed by atoms with Crippen LogP contribution in [0, 0.1) is 0 Å². The molecule has 0 bridgehead atoms. The summed E-state index contributed by atoms with van der Waals surface area (Å²) in [4.78, 5) is 17.2. The molecule has 4 nitrogen and oxygen atoms in total. The second-order valence-electron chi connectivity index (χ2n) is 6.38. The highest BCUT2D eigenvalue weighted by molar-refractivity contribution is 7.13. The van der Waals surface area contributed by atoms with E-state index < -0.39 is 5.54 Å². The number of aliphatic hydroxyl groups is 1. The van der Waals surface area contributed by atoms with Crippen molar-refractivity contribution in [3.63, 3.8) is 0 Å². The third-order valence-corrected chi connectivity index (χ3v) is 5.03. The minimum Gasteiger partial charge on any atom is -0.394 e. The molecule has 0 aliphatic heterocycles. The van der Waals surface area contributed by atoms with Crippen molar-refractivity contribution in [1.29, 1.82) is 0 Å². The van der Waals surface area contributed by atoms with Gasteiger partial charge in [0.05, 0.1) is 23.4 Å². The summed E-state index contributed by atoms with van der Waals surface area (Å²) < 4.78 is 0. The first kappa shape index (κ1) is 14.5. The largest absolute Gasteiger partial charge is 0.394 e. The van der Waals surface area contributed by atoms with Crippen molar-refractivity contribution in [1.82, 2.24) is 10.3 Å². The van der Waals surface area contributed by atoms with E-state index in [1.807, 2.05) is 0 Å². The van der Waals surface area contributed by atoms with Crippen LogP contribution in [-0.4, -0.2) is 28.1 Å². The van der Waals surface area contributed by atoms with Gasteiger partial charge in [0.15, 0.2) is 0 Å². The molecule has 0 aromatic carbocycles. The topological polar surface area (TPSA) is 62.2 Å². The number of thiazole rings is 1. The summed E-state index contributed by atoms with van der Waals surface area (Å²) in [6.45, 7) is 6.27.